The van der Waals surface area contributed by atoms with Crippen LogP contribution in [0.3, 0.4) is 0 Å². The second kappa shape index (κ2) is 6.58. The summed E-state index contributed by atoms with van der Waals surface area (Å²) in [6, 6.07) is 4.42. The Bertz CT molecular complexity index is 535. The van der Waals surface area contributed by atoms with Crippen LogP contribution in [0.15, 0.2) is 18.2 Å². The molecule has 21 heavy (non-hydrogen) atoms. The number of benzene rings is 1. The maximum Gasteiger partial charge on any atom is 0.335 e. The van der Waals surface area contributed by atoms with Crippen molar-refractivity contribution in [3.63, 3.8) is 0 Å². The Kier molecular flexibility index (Phi) is 4.80. The summed E-state index contributed by atoms with van der Waals surface area (Å²) in [4.78, 5) is 23.2. The van der Waals surface area contributed by atoms with Crippen LogP contribution < -0.4 is 10.1 Å². The van der Waals surface area contributed by atoms with Gasteiger partial charge in [-0.1, -0.05) is 0 Å². The summed E-state index contributed by atoms with van der Waals surface area (Å²) < 4.78 is 10.8. The molecule has 1 aromatic rings. The molecule has 0 aliphatic carbocycles. The molecule has 1 aliphatic heterocycles. The molecular weight excluding hydrogens is 274 g/mol. The summed E-state index contributed by atoms with van der Waals surface area (Å²) in [6.07, 6.45) is 0.594. The highest BCUT2D eigenvalue weighted by Crippen LogP contribution is 2.28. The van der Waals surface area contributed by atoms with E-state index in [1.165, 1.54) is 12.1 Å². The fourth-order valence-corrected chi connectivity index (χ4v) is 2.09. The Labute approximate surface area is 123 Å². The van der Waals surface area contributed by atoms with Crippen molar-refractivity contribution in [3.05, 3.63) is 23.8 Å². The first-order valence-electron chi connectivity index (χ1n) is 6.90. The first-order valence-corrected chi connectivity index (χ1v) is 6.90. The molecule has 1 heterocycles. The van der Waals surface area contributed by atoms with Crippen LogP contribution in [0.25, 0.3) is 0 Å². The molecule has 114 valence electrons. The highest BCUT2D eigenvalue weighted by Gasteiger charge is 2.24. The summed E-state index contributed by atoms with van der Waals surface area (Å²) in [7, 11) is 0. The molecule has 1 aromatic carbocycles. The van der Waals surface area contributed by atoms with Crippen molar-refractivity contribution in [2.75, 3.05) is 18.5 Å². The smallest absolute Gasteiger partial charge is 0.335 e. The molecular formula is C15H19NO5. The monoisotopic (exact) mass is 293 g/mol. The Morgan fingerprint density at radius 3 is 2.76 bits per heavy atom. The zero-order valence-corrected chi connectivity index (χ0v) is 12.1. The van der Waals surface area contributed by atoms with Crippen molar-refractivity contribution in [2.45, 2.75) is 26.4 Å². The van der Waals surface area contributed by atoms with Crippen molar-refractivity contribution in [1.29, 1.82) is 0 Å². The summed E-state index contributed by atoms with van der Waals surface area (Å²) in [5.41, 5.74) is 0.476. The molecule has 0 radical (unpaired) electrons. The van der Waals surface area contributed by atoms with Gasteiger partial charge in [0, 0.05) is 6.61 Å². The fourth-order valence-electron chi connectivity index (χ4n) is 2.09. The molecule has 0 aromatic heterocycles. The Morgan fingerprint density at radius 1 is 1.43 bits per heavy atom. The maximum atomic E-state index is 12.1. The van der Waals surface area contributed by atoms with E-state index in [1.54, 1.807) is 6.07 Å². The molecule has 1 unspecified atom stereocenters. The molecule has 0 bridgehead atoms. The number of carbonyl (C=O) groups is 2. The number of hydrogen-bond acceptors (Lipinski definition) is 4. The normalized spacial score (nSPS) is 17.8. The van der Waals surface area contributed by atoms with Crippen molar-refractivity contribution in [2.24, 2.45) is 5.92 Å². The molecule has 1 fully saturated rings. The van der Waals surface area contributed by atoms with E-state index in [9.17, 15) is 9.59 Å². The van der Waals surface area contributed by atoms with Crippen molar-refractivity contribution in [3.8, 4) is 5.75 Å². The zero-order chi connectivity index (χ0) is 15.4. The van der Waals surface area contributed by atoms with Crippen LogP contribution in [0.4, 0.5) is 5.69 Å². The summed E-state index contributed by atoms with van der Waals surface area (Å²) >= 11 is 0. The van der Waals surface area contributed by atoms with Crippen LogP contribution in [-0.2, 0) is 9.53 Å². The number of carboxylic acid groups (broad SMARTS) is 1. The SMILES string of the molecule is CC(C)Oc1ccc(C(=O)O)cc1NC(=O)C1CCOC1. The lowest BCUT2D eigenvalue weighted by atomic mass is 10.1. The molecule has 6 heteroatoms. The van der Waals surface area contributed by atoms with Crippen LogP contribution >= 0.6 is 0 Å². The van der Waals surface area contributed by atoms with E-state index in [4.69, 9.17) is 14.6 Å². The summed E-state index contributed by atoms with van der Waals surface area (Å²) in [6.45, 7) is 4.69. The molecule has 1 saturated heterocycles. The molecule has 6 nitrogen and oxygen atoms in total. The number of carbonyl (C=O) groups excluding carboxylic acids is 1. The minimum atomic E-state index is -1.05. The van der Waals surface area contributed by atoms with Gasteiger partial charge in [0.2, 0.25) is 5.91 Å². The lowest BCUT2D eigenvalue weighted by Gasteiger charge is -2.16. The van der Waals surface area contributed by atoms with E-state index in [1.807, 2.05) is 13.8 Å². The van der Waals surface area contributed by atoms with E-state index in [0.717, 1.165) is 0 Å². The second-order valence-electron chi connectivity index (χ2n) is 5.23. The van der Waals surface area contributed by atoms with Crippen molar-refractivity contribution < 1.29 is 24.2 Å². The van der Waals surface area contributed by atoms with Gasteiger partial charge in [-0.15, -0.1) is 0 Å². The average molecular weight is 293 g/mol. The van der Waals surface area contributed by atoms with Crippen molar-refractivity contribution in [1.82, 2.24) is 0 Å². The van der Waals surface area contributed by atoms with E-state index in [2.05, 4.69) is 5.32 Å². The summed E-state index contributed by atoms with van der Waals surface area (Å²) in [5.74, 6) is -0.970. The van der Waals surface area contributed by atoms with Gasteiger partial charge in [0.1, 0.15) is 5.75 Å². The predicted octanol–water partition coefficient (Wildman–Crippen LogP) is 2.15. The van der Waals surface area contributed by atoms with Crippen LogP contribution in [0.5, 0.6) is 5.75 Å². The molecule has 0 saturated carbocycles. The van der Waals surface area contributed by atoms with Gasteiger partial charge in [0.15, 0.2) is 0 Å². The standard InChI is InChI=1S/C15H19NO5/c1-9(2)21-13-4-3-10(15(18)19)7-12(13)16-14(17)11-5-6-20-8-11/h3-4,7,9,11H,5-6,8H2,1-2H3,(H,16,17)(H,18,19). The molecule has 2 N–H and O–H groups in total. The van der Waals surface area contributed by atoms with Gasteiger partial charge >= 0.3 is 5.97 Å². The third kappa shape index (κ3) is 3.95. The number of aromatic carboxylic acids is 1. The lowest BCUT2D eigenvalue weighted by molar-refractivity contribution is -0.119. The molecule has 2 rings (SSSR count). The quantitative estimate of drug-likeness (QED) is 0.869. The third-order valence-corrected chi connectivity index (χ3v) is 3.15. The van der Waals surface area contributed by atoms with E-state index >= 15 is 0 Å². The first kappa shape index (κ1) is 15.3. The second-order valence-corrected chi connectivity index (χ2v) is 5.23. The van der Waals surface area contributed by atoms with Gasteiger partial charge in [-0.25, -0.2) is 4.79 Å². The fraction of sp³-hybridized carbons (Fsp3) is 0.467. The topological polar surface area (TPSA) is 84.9 Å². The van der Waals surface area contributed by atoms with Gasteiger partial charge < -0.3 is 19.9 Å². The van der Waals surface area contributed by atoms with E-state index < -0.39 is 5.97 Å². The van der Waals surface area contributed by atoms with Crippen LogP contribution in [0.1, 0.15) is 30.6 Å². The van der Waals surface area contributed by atoms with Crippen LogP contribution in [0.2, 0.25) is 0 Å². The van der Waals surface area contributed by atoms with Gasteiger partial charge in [-0.2, -0.15) is 0 Å². The van der Waals surface area contributed by atoms with Crippen LogP contribution in [0, 0.1) is 5.92 Å². The molecule has 0 spiro atoms. The van der Waals surface area contributed by atoms with Crippen molar-refractivity contribution >= 4 is 17.6 Å². The number of amides is 1. The average Bonchev–Trinajstić information content (AvgIpc) is 2.93. The highest BCUT2D eigenvalue weighted by atomic mass is 16.5. The Balaban J connectivity index is 2.22. The lowest BCUT2D eigenvalue weighted by Crippen LogP contribution is -2.23. The van der Waals surface area contributed by atoms with Gasteiger partial charge in [-0.3, -0.25) is 4.79 Å². The van der Waals surface area contributed by atoms with Crippen LogP contribution in [-0.4, -0.2) is 36.3 Å². The number of rotatable bonds is 5. The minimum Gasteiger partial charge on any atom is -0.489 e. The number of carboxylic acids is 1. The number of hydrogen-bond donors (Lipinski definition) is 2. The number of anilines is 1. The Hall–Kier alpha value is -2.08. The number of nitrogens with one attached hydrogen (secondary N) is 1. The molecule has 1 amide bonds. The zero-order valence-electron chi connectivity index (χ0n) is 12.1. The van der Waals surface area contributed by atoms with E-state index in [0.29, 0.717) is 31.1 Å². The highest BCUT2D eigenvalue weighted by molar-refractivity contribution is 5.96. The van der Waals surface area contributed by atoms with Gasteiger partial charge in [-0.05, 0) is 38.5 Å². The predicted molar refractivity (Wildman–Crippen MR) is 76.7 cm³/mol. The van der Waals surface area contributed by atoms with Gasteiger partial charge in [0.25, 0.3) is 0 Å². The largest absolute Gasteiger partial charge is 0.489 e. The van der Waals surface area contributed by atoms with E-state index in [-0.39, 0.29) is 23.5 Å². The number of ether oxygens (including phenoxy) is 2. The Morgan fingerprint density at radius 2 is 2.19 bits per heavy atom. The molecule has 1 aliphatic rings. The summed E-state index contributed by atoms with van der Waals surface area (Å²) in [5, 5.41) is 11.8. The third-order valence-electron chi connectivity index (χ3n) is 3.15. The first-order chi connectivity index (χ1) is 9.97. The maximum absolute atomic E-state index is 12.1. The minimum absolute atomic E-state index is 0.0776. The van der Waals surface area contributed by atoms with Gasteiger partial charge in [0.05, 0.1) is 29.9 Å². The molecule has 1 atom stereocenters.